The van der Waals surface area contributed by atoms with Crippen LogP contribution in [0.1, 0.15) is 52.4 Å². The zero-order chi connectivity index (χ0) is 23.8. The fraction of sp³-hybridized carbons (Fsp3) is 0.571. The van der Waals surface area contributed by atoms with Gasteiger partial charge in [-0.25, -0.2) is 0 Å². The summed E-state index contributed by atoms with van der Waals surface area (Å²) in [5, 5.41) is 0. The van der Waals surface area contributed by atoms with E-state index in [1.54, 1.807) is 0 Å². The van der Waals surface area contributed by atoms with Crippen LogP contribution < -0.4 is 9.47 Å². The smallest absolute Gasteiger partial charge is 0.157 e. The topological polar surface area (TPSA) is 55.4 Å². The lowest BCUT2D eigenvalue weighted by Gasteiger charge is -2.11. The Balaban J connectivity index is 0.00000158. The molecule has 4 rings (SSSR count). The molecule has 0 aromatic heterocycles. The maximum absolute atomic E-state index is 5.86. The Morgan fingerprint density at radius 2 is 0.912 bits per heavy atom. The lowest BCUT2D eigenvalue weighted by molar-refractivity contribution is -0.0485. The molecule has 0 saturated carbocycles. The quantitative estimate of drug-likeness (QED) is 0.322. The average Bonchev–Trinajstić information content (AvgIpc) is 3.60. The Kier molecular flexibility index (Phi) is 12.2. The summed E-state index contributed by atoms with van der Waals surface area (Å²) >= 11 is 0. The molecular formula is C28H40O6. The molecule has 2 fully saturated rings. The van der Waals surface area contributed by atoms with Crippen LogP contribution in [0.2, 0.25) is 0 Å². The second kappa shape index (κ2) is 15.7. The van der Waals surface area contributed by atoms with Gasteiger partial charge >= 0.3 is 0 Å². The lowest BCUT2D eigenvalue weighted by Crippen LogP contribution is -2.08. The van der Waals surface area contributed by atoms with Gasteiger partial charge in [-0.3, -0.25) is 0 Å². The molecule has 2 heterocycles. The summed E-state index contributed by atoms with van der Waals surface area (Å²) in [6, 6.07) is 16.5. The Labute approximate surface area is 204 Å². The van der Waals surface area contributed by atoms with E-state index in [0.717, 1.165) is 87.6 Å². The number of benzene rings is 2. The van der Waals surface area contributed by atoms with Crippen molar-refractivity contribution in [1.29, 1.82) is 0 Å². The lowest BCUT2D eigenvalue weighted by atomic mass is 10.1. The summed E-state index contributed by atoms with van der Waals surface area (Å²) in [4.78, 5) is 0. The molecule has 0 aliphatic carbocycles. The number of hydrogen-bond donors (Lipinski definition) is 0. The molecule has 2 aliphatic rings. The van der Waals surface area contributed by atoms with E-state index in [-0.39, 0.29) is 12.6 Å². The Morgan fingerprint density at radius 3 is 1.26 bits per heavy atom. The van der Waals surface area contributed by atoms with Crippen molar-refractivity contribution in [2.75, 3.05) is 39.6 Å². The van der Waals surface area contributed by atoms with Gasteiger partial charge in [0.2, 0.25) is 0 Å². The number of ether oxygens (including phenoxy) is 6. The van der Waals surface area contributed by atoms with Crippen molar-refractivity contribution >= 4 is 0 Å². The van der Waals surface area contributed by atoms with Gasteiger partial charge in [-0.05, 0) is 73.9 Å². The predicted octanol–water partition coefficient (Wildman–Crippen LogP) is 6.22. The third kappa shape index (κ3) is 9.26. The fourth-order valence-corrected chi connectivity index (χ4v) is 3.84. The SMILES string of the molecule is CC.c1cc(-c2ccc(OCCCCC3OCCO3)cc2)ccc1OCCCCC1OCCO1. The molecule has 6 heteroatoms. The number of hydrogen-bond acceptors (Lipinski definition) is 6. The van der Waals surface area contributed by atoms with Crippen LogP contribution >= 0.6 is 0 Å². The highest BCUT2D eigenvalue weighted by molar-refractivity contribution is 5.64. The summed E-state index contributed by atoms with van der Waals surface area (Å²) in [5.74, 6) is 1.80. The maximum atomic E-state index is 5.86. The first-order valence-corrected chi connectivity index (χ1v) is 12.8. The molecule has 0 radical (unpaired) electrons. The van der Waals surface area contributed by atoms with Gasteiger partial charge in [-0.1, -0.05) is 38.1 Å². The van der Waals surface area contributed by atoms with Crippen LogP contribution in [-0.4, -0.2) is 52.2 Å². The van der Waals surface area contributed by atoms with Gasteiger partial charge in [0.1, 0.15) is 11.5 Å². The largest absolute Gasteiger partial charge is 0.494 e. The van der Waals surface area contributed by atoms with E-state index in [9.17, 15) is 0 Å². The van der Waals surface area contributed by atoms with Crippen LogP contribution in [0.15, 0.2) is 48.5 Å². The van der Waals surface area contributed by atoms with Crippen molar-refractivity contribution in [3.63, 3.8) is 0 Å². The van der Waals surface area contributed by atoms with E-state index >= 15 is 0 Å². The van der Waals surface area contributed by atoms with Crippen LogP contribution in [0, 0.1) is 0 Å². The third-order valence-corrected chi connectivity index (χ3v) is 5.63. The van der Waals surface area contributed by atoms with Gasteiger partial charge in [0.15, 0.2) is 12.6 Å². The first-order chi connectivity index (χ1) is 16.9. The van der Waals surface area contributed by atoms with E-state index < -0.39 is 0 Å². The molecule has 0 spiro atoms. The van der Waals surface area contributed by atoms with Crippen LogP contribution in [0.5, 0.6) is 11.5 Å². The van der Waals surface area contributed by atoms with Crippen LogP contribution in [0.4, 0.5) is 0 Å². The van der Waals surface area contributed by atoms with Crippen LogP contribution in [-0.2, 0) is 18.9 Å². The second-order valence-corrected chi connectivity index (χ2v) is 8.08. The van der Waals surface area contributed by atoms with E-state index in [4.69, 9.17) is 28.4 Å². The summed E-state index contributed by atoms with van der Waals surface area (Å²) in [7, 11) is 0. The van der Waals surface area contributed by atoms with Gasteiger partial charge in [-0.15, -0.1) is 0 Å². The molecule has 0 N–H and O–H groups in total. The van der Waals surface area contributed by atoms with Crippen LogP contribution in [0.25, 0.3) is 11.1 Å². The predicted molar refractivity (Wildman–Crippen MR) is 133 cm³/mol. The minimum absolute atomic E-state index is 0.0159. The molecule has 0 unspecified atom stereocenters. The maximum Gasteiger partial charge on any atom is 0.157 e. The fourth-order valence-electron chi connectivity index (χ4n) is 3.84. The molecular weight excluding hydrogens is 432 g/mol. The highest BCUT2D eigenvalue weighted by Crippen LogP contribution is 2.25. The Hall–Kier alpha value is -2.12. The minimum atomic E-state index is -0.0159. The minimum Gasteiger partial charge on any atom is -0.494 e. The molecule has 2 aromatic rings. The van der Waals surface area contributed by atoms with Gasteiger partial charge < -0.3 is 28.4 Å². The first kappa shape index (κ1) is 26.5. The van der Waals surface area contributed by atoms with Crippen LogP contribution in [0.3, 0.4) is 0 Å². The monoisotopic (exact) mass is 472 g/mol. The first-order valence-electron chi connectivity index (χ1n) is 12.8. The zero-order valence-corrected chi connectivity index (χ0v) is 20.7. The van der Waals surface area contributed by atoms with E-state index in [1.807, 2.05) is 38.1 Å². The summed E-state index contributed by atoms with van der Waals surface area (Å²) in [5.41, 5.74) is 2.33. The Bertz CT molecular complexity index is 697. The van der Waals surface area contributed by atoms with E-state index in [1.165, 1.54) is 0 Å². The standard InChI is InChI=1S/C26H34O6.C2H6/c1(5-25-29-17-18-30-25)3-15-27-23-11-7-21(8-12-23)22-9-13-24(14-10-22)28-16-4-2-6-26-31-19-20-32-26;1-2/h7-14,25-26H,1-6,15-20H2;1-2H3. The van der Waals surface area contributed by atoms with E-state index in [0.29, 0.717) is 13.2 Å². The van der Waals surface area contributed by atoms with Gasteiger partial charge in [-0.2, -0.15) is 0 Å². The Morgan fingerprint density at radius 1 is 0.559 bits per heavy atom. The molecule has 34 heavy (non-hydrogen) atoms. The molecule has 6 nitrogen and oxygen atoms in total. The average molecular weight is 473 g/mol. The summed E-state index contributed by atoms with van der Waals surface area (Å²) in [6.45, 7) is 8.29. The molecule has 188 valence electrons. The third-order valence-electron chi connectivity index (χ3n) is 5.63. The van der Waals surface area contributed by atoms with Crippen molar-refractivity contribution in [2.24, 2.45) is 0 Å². The van der Waals surface area contributed by atoms with Crippen molar-refractivity contribution in [3.8, 4) is 22.6 Å². The summed E-state index contributed by atoms with van der Waals surface area (Å²) < 4.78 is 33.5. The number of rotatable bonds is 13. The highest BCUT2D eigenvalue weighted by atomic mass is 16.7. The van der Waals surface area contributed by atoms with E-state index in [2.05, 4.69) is 24.3 Å². The van der Waals surface area contributed by atoms with Crippen molar-refractivity contribution in [1.82, 2.24) is 0 Å². The summed E-state index contributed by atoms with van der Waals surface area (Å²) in [6.07, 6.45) is 5.92. The molecule has 2 aliphatic heterocycles. The van der Waals surface area contributed by atoms with Crippen molar-refractivity contribution in [2.45, 2.75) is 65.0 Å². The van der Waals surface area contributed by atoms with Crippen molar-refractivity contribution < 1.29 is 28.4 Å². The number of unbranched alkanes of at least 4 members (excludes halogenated alkanes) is 2. The van der Waals surface area contributed by atoms with Gasteiger partial charge in [0.05, 0.1) is 39.6 Å². The second-order valence-electron chi connectivity index (χ2n) is 8.08. The molecule has 0 amide bonds. The molecule has 0 bridgehead atoms. The molecule has 2 aromatic carbocycles. The van der Waals surface area contributed by atoms with Crippen molar-refractivity contribution in [3.05, 3.63) is 48.5 Å². The normalized spacial score (nSPS) is 16.3. The molecule has 2 saturated heterocycles. The highest BCUT2D eigenvalue weighted by Gasteiger charge is 2.15. The molecule has 0 atom stereocenters. The van der Waals surface area contributed by atoms with Gasteiger partial charge in [0, 0.05) is 0 Å². The van der Waals surface area contributed by atoms with Gasteiger partial charge in [0.25, 0.3) is 0 Å². The zero-order valence-electron chi connectivity index (χ0n) is 20.7.